The zero-order valence-electron chi connectivity index (χ0n) is 18.9. The van der Waals surface area contributed by atoms with Crippen LogP contribution in [0, 0.1) is 13.8 Å². The Balaban J connectivity index is 2.82. The number of hydrogen-bond acceptors (Lipinski definition) is 4. The van der Waals surface area contributed by atoms with Crippen LogP contribution < -0.4 is 8.49 Å². The summed E-state index contributed by atoms with van der Waals surface area (Å²) in [7, 11) is -4.70. The van der Waals surface area contributed by atoms with Crippen LogP contribution in [-0.2, 0) is 21.1 Å². The number of anilines is 1. The Morgan fingerprint density at radius 3 is 1.63 bits per heavy atom. The quantitative estimate of drug-likeness (QED) is 0.668. The van der Waals surface area contributed by atoms with Crippen molar-refractivity contribution in [3.8, 4) is 5.75 Å². The van der Waals surface area contributed by atoms with Gasteiger partial charge in [-0.2, -0.15) is 8.42 Å². The summed E-state index contributed by atoms with van der Waals surface area (Å²) in [6.45, 7) is 14.9. The van der Waals surface area contributed by atoms with Crippen molar-refractivity contribution in [2.24, 2.45) is 0 Å². The van der Waals surface area contributed by atoms with Gasteiger partial charge in [0.15, 0.2) is 0 Å². The molecular weight excluding hydrogens is 402 g/mol. The number of hydrogen-bond donors (Lipinski definition) is 1. The molecule has 2 aromatic carbocycles. The largest absolute Gasteiger partial charge is 0.464 e. The number of amides is 1. The minimum atomic E-state index is -4.70. The Morgan fingerprint density at radius 2 is 1.27 bits per heavy atom. The standard InChI is InChI=1S/C23H31NO5S/c1-15-11-9-12-16(2)20(15)29-30(27,28)24(21(25)26)19-17(22(3,4)5)13-10-14-18(19)23(6,7)8/h9-14H,1-8H3,(H,25,26). The maximum Gasteiger partial charge on any atom is 0.428 e. The molecule has 6 nitrogen and oxygen atoms in total. The van der Waals surface area contributed by atoms with E-state index in [1.165, 1.54) is 0 Å². The zero-order valence-corrected chi connectivity index (χ0v) is 19.7. The molecule has 164 valence electrons. The predicted molar refractivity (Wildman–Crippen MR) is 120 cm³/mol. The number of benzene rings is 2. The van der Waals surface area contributed by atoms with Gasteiger partial charge >= 0.3 is 16.4 Å². The molecule has 0 bridgehead atoms. The van der Waals surface area contributed by atoms with Crippen LogP contribution in [0.15, 0.2) is 36.4 Å². The molecule has 0 aliphatic rings. The summed E-state index contributed by atoms with van der Waals surface area (Å²) in [5.74, 6) is 0.134. The second kappa shape index (κ2) is 7.95. The number of aryl methyl sites for hydroxylation is 2. The van der Waals surface area contributed by atoms with E-state index < -0.39 is 27.2 Å². The summed E-state index contributed by atoms with van der Waals surface area (Å²) < 4.78 is 32.4. The van der Waals surface area contributed by atoms with Crippen molar-refractivity contribution in [2.45, 2.75) is 66.2 Å². The lowest BCUT2D eigenvalue weighted by Crippen LogP contribution is -2.42. The van der Waals surface area contributed by atoms with Crippen molar-refractivity contribution < 1.29 is 22.5 Å². The van der Waals surface area contributed by atoms with Crippen LogP contribution in [0.25, 0.3) is 0 Å². The van der Waals surface area contributed by atoms with Crippen LogP contribution in [0.5, 0.6) is 5.75 Å². The van der Waals surface area contributed by atoms with E-state index in [1.54, 1.807) is 44.2 Å². The second-order valence-electron chi connectivity index (χ2n) is 9.51. The van der Waals surface area contributed by atoms with E-state index in [0.717, 1.165) is 0 Å². The second-order valence-corrected chi connectivity index (χ2v) is 10.9. The van der Waals surface area contributed by atoms with Gasteiger partial charge in [-0.1, -0.05) is 77.9 Å². The lowest BCUT2D eigenvalue weighted by molar-refractivity contribution is 0.205. The van der Waals surface area contributed by atoms with E-state index >= 15 is 0 Å². The summed E-state index contributed by atoms with van der Waals surface area (Å²) in [5, 5.41) is 10.0. The van der Waals surface area contributed by atoms with Gasteiger partial charge in [-0.15, -0.1) is 4.31 Å². The first-order chi connectivity index (χ1) is 13.6. The fourth-order valence-corrected chi connectivity index (χ4v) is 4.51. The van der Waals surface area contributed by atoms with Gasteiger partial charge in [0.2, 0.25) is 0 Å². The molecule has 2 rings (SSSR count). The third-order valence-corrected chi connectivity index (χ3v) is 6.01. The normalized spacial score (nSPS) is 12.5. The van der Waals surface area contributed by atoms with Gasteiger partial charge in [0.1, 0.15) is 5.75 Å². The molecule has 0 fully saturated rings. The van der Waals surface area contributed by atoms with Crippen molar-refractivity contribution in [2.75, 3.05) is 4.31 Å². The van der Waals surface area contributed by atoms with Gasteiger partial charge in [-0.25, -0.2) is 4.79 Å². The van der Waals surface area contributed by atoms with Crippen molar-refractivity contribution in [1.82, 2.24) is 0 Å². The molecule has 1 N–H and O–H groups in total. The SMILES string of the molecule is Cc1cccc(C)c1OS(=O)(=O)N(C(=O)O)c1c(C(C)(C)C)cccc1C(C)(C)C. The molecule has 0 heterocycles. The predicted octanol–water partition coefficient (Wildman–Crippen LogP) is 5.71. The van der Waals surface area contributed by atoms with Crippen LogP contribution in [0.2, 0.25) is 0 Å². The van der Waals surface area contributed by atoms with E-state index in [-0.39, 0.29) is 11.4 Å². The molecule has 0 unspecified atom stereocenters. The first kappa shape index (κ1) is 23.7. The Kier molecular flexibility index (Phi) is 6.29. The summed E-state index contributed by atoms with van der Waals surface area (Å²) in [6, 6.07) is 10.6. The highest BCUT2D eigenvalue weighted by molar-refractivity contribution is 7.89. The van der Waals surface area contributed by atoms with Gasteiger partial charge in [0.25, 0.3) is 0 Å². The van der Waals surface area contributed by atoms with Gasteiger partial charge in [0, 0.05) is 0 Å². The minimum absolute atomic E-state index is 0.122. The van der Waals surface area contributed by atoms with E-state index in [1.807, 2.05) is 47.6 Å². The van der Waals surface area contributed by atoms with E-state index in [4.69, 9.17) is 4.18 Å². The zero-order chi connectivity index (χ0) is 23.1. The molecule has 0 radical (unpaired) electrons. The van der Waals surface area contributed by atoms with Crippen molar-refractivity contribution >= 4 is 22.1 Å². The lowest BCUT2D eigenvalue weighted by Gasteiger charge is -2.33. The molecule has 0 spiro atoms. The van der Waals surface area contributed by atoms with Gasteiger partial charge in [-0.05, 0) is 46.9 Å². The van der Waals surface area contributed by atoms with Gasteiger partial charge in [0.05, 0.1) is 5.69 Å². The Labute approximate surface area is 179 Å². The molecule has 0 saturated carbocycles. The summed E-state index contributed by atoms with van der Waals surface area (Å²) in [5.41, 5.74) is 1.53. The highest BCUT2D eigenvalue weighted by Gasteiger charge is 2.39. The van der Waals surface area contributed by atoms with Gasteiger partial charge in [-0.3, -0.25) is 0 Å². The highest BCUT2D eigenvalue weighted by Crippen LogP contribution is 2.41. The Morgan fingerprint density at radius 1 is 0.867 bits per heavy atom. The third-order valence-electron chi connectivity index (χ3n) is 4.85. The maximum absolute atomic E-state index is 13.3. The Hall–Kier alpha value is -2.54. The molecule has 2 aromatic rings. The molecule has 0 atom stereocenters. The van der Waals surface area contributed by atoms with E-state index in [2.05, 4.69) is 0 Å². The van der Waals surface area contributed by atoms with Crippen LogP contribution in [0.3, 0.4) is 0 Å². The molecule has 7 heteroatoms. The summed E-state index contributed by atoms with van der Waals surface area (Å²) >= 11 is 0. The minimum Gasteiger partial charge on any atom is -0.464 e. The molecular formula is C23H31NO5S. The van der Waals surface area contributed by atoms with E-state index in [0.29, 0.717) is 26.6 Å². The van der Waals surface area contributed by atoms with Crippen LogP contribution in [0.1, 0.15) is 63.8 Å². The number of carbonyl (C=O) groups is 1. The van der Waals surface area contributed by atoms with Crippen molar-refractivity contribution in [3.05, 3.63) is 58.7 Å². The Bertz CT molecular complexity index is 1010. The first-order valence-electron chi connectivity index (χ1n) is 9.75. The van der Waals surface area contributed by atoms with Crippen LogP contribution >= 0.6 is 0 Å². The highest BCUT2D eigenvalue weighted by atomic mass is 32.2. The maximum atomic E-state index is 13.3. The first-order valence-corrected chi connectivity index (χ1v) is 11.1. The summed E-state index contributed by atoms with van der Waals surface area (Å²) in [4.78, 5) is 12.3. The number of nitrogens with zero attached hydrogens (tertiary/aromatic N) is 1. The molecule has 30 heavy (non-hydrogen) atoms. The summed E-state index contributed by atoms with van der Waals surface area (Å²) in [6.07, 6.45) is -1.62. The van der Waals surface area contributed by atoms with Crippen molar-refractivity contribution in [3.63, 3.8) is 0 Å². The molecule has 0 aromatic heterocycles. The average Bonchev–Trinajstić information content (AvgIpc) is 2.56. The number of para-hydroxylation sites is 2. The smallest absolute Gasteiger partial charge is 0.428 e. The fraction of sp³-hybridized carbons (Fsp3) is 0.435. The topological polar surface area (TPSA) is 83.9 Å². The van der Waals surface area contributed by atoms with Crippen LogP contribution in [0.4, 0.5) is 10.5 Å². The lowest BCUT2D eigenvalue weighted by atomic mass is 9.79. The van der Waals surface area contributed by atoms with Crippen molar-refractivity contribution in [1.29, 1.82) is 0 Å². The molecule has 0 aliphatic carbocycles. The third kappa shape index (κ3) is 4.78. The monoisotopic (exact) mass is 433 g/mol. The molecule has 0 saturated heterocycles. The fourth-order valence-electron chi connectivity index (χ4n) is 3.35. The number of carboxylic acid groups (broad SMARTS) is 1. The molecule has 1 amide bonds. The van der Waals surface area contributed by atoms with Crippen LogP contribution in [-0.4, -0.2) is 19.6 Å². The van der Waals surface area contributed by atoms with E-state index in [9.17, 15) is 18.3 Å². The number of rotatable bonds is 4. The molecule has 0 aliphatic heterocycles. The van der Waals surface area contributed by atoms with Gasteiger partial charge < -0.3 is 9.29 Å². The average molecular weight is 434 g/mol.